The summed E-state index contributed by atoms with van der Waals surface area (Å²) in [7, 11) is 0. The van der Waals surface area contributed by atoms with Crippen molar-refractivity contribution in [2.45, 2.75) is 38.5 Å². The lowest BCUT2D eigenvalue weighted by Crippen LogP contribution is -2.44. The fourth-order valence-corrected chi connectivity index (χ4v) is 4.16. The Balaban J connectivity index is 1.78. The summed E-state index contributed by atoms with van der Waals surface area (Å²) >= 11 is 0. The molecule has 0 aliphatic heterocycles. The average molecular weight is 520 g/mol. The normalized spacial score (nSPS) is 12.4. The number of pyridine rings is 1. The lowest BCUT2D eigenvalue weighted by Gasteiger charge is -2.31. The molecule has 2 amide bonds. The van der Waals surface area contributed by atoms with Gasteiger partial charge in [-0.25, -0.2) is 4.39 Å². The van der Waals surface area contributed by atoms with Gasteiger partial charge in [0, 0.05) is 23.6 Å². The van der Waals surface area contributed by atoms with E-state index in [1.165, 1.54) is 18.7 Å². The molecule has 5 nitrogen and oxygen atoms in total. The van der Waals surface area contributed by atoms with Crippen molar-refractivity contribution in [2.24, 2.45) is 0 Å². The van der Waals surface area contributed by atoms with Crippen LogP contribution in [-0.4, -0.2) is 22.5 Å². The summed E-state index contributed by atoms with van der Waals surface area (Å²) in [6.45, 7) is 4.43. The molecule has 1 unspecified atom stereocenters. The number of carbonyl (C=O) groups is 2. The zero-order valence-electron chi connectivity index (χ0n) is 22.1. The van der Waals surface area contributed by atoms with E-state index in [-0.39, 0.29) is 6.04 Å². The van der Waals surface area contributed by atoms with Crippen molar-refractivity contribution in [3.8, 4) is 23.0 Å². The largest absolute Gasteiger partial charge is 0.347 e. The Morgan fingerprint density at radius 2 is 1.44 bits per heavy atom. The molecule has 0 radical (unpaired) electrons. The van der Waals surface area contributed by atoms with E-state index in [1.807, 2.05) is 79.7 Å². The molecule has 1 heterocycles. The van der Waals surface area contributed by atoms with Crippen molar-refractivity contribution in [3.63, 3.8) is 0 Å². The number of carbonyl (C=O) groups excluding carboxylic acids is 2. The standard InChI is InChI=1S/C33H30FN3O2/c1-24(25-11-6-4-7-12-25)36-32(39)31(28-15-10-22-35-23-28)37(30(38)20-21-33(2,3)34)29-18-16-27(17-19-29)26-13-8-5-9-14-26/h4-19,22-24,31H,1-3H3,(H,36,39)/t24-,31?/m0/s1. The Bertz CT molecular complexity index is 1460. The van der Waals surface area contributed by atoms with E-state index >= 15 is 0 Å². The number of aromatic nitrogens is 1. The van der Waals surface area contributed by atoms with Crippen LogP contribution in [0.1, 0.15) is 44.0 Å². The van der Waals surface area contributed by atoms with E-state index in [2.05, 4.69) is 22.1 Å². The second-order valence-corrected chi connectivity index (χ2v) is 9.64. The lowest BCUT2D eigenvalue weighted by molar-refractivity contribution is -0.125. The molecule has 0 fully saturated rings. The van der Waals surface area contributed by atoms with Crippen LogP contribution in [0.15, 0.2) is 109 Å². The van der Waals surface area contributed by atoms with Gasteiger partial charge < -0.3 is 5.32 Å². The number of nitrogens with one attached hydrogen (secondary N) is 1. The third kappa shape index (κ3) is 7.18. The van der Waals surface area contributed by atoms with Gasteiger partial charge in [0.1, 0.15) is 6.04 Å². The topological polar surface area (TPSA) is 62.3 Å². The van der Waals surface area contributed by atoms with Crippen LogP contribution >= 0.6 is 0 Å². The van der Waals surface area contributed by atoms with Crippen LogP contribution in [0.5, 0.6) is 0 Å². The predicted molar refractivity (Wildman–Crippen MR) is 152 cm³/mol. The first-order chi connectivity index (χ1) is 18.7. The van der Waals surface area contributed by atoms with E-state index in [0.717, 1.165) is 16.7 Å². The Kier molecular flexibility index (Phi) is 8.53. The number of hydrogen-bond donors (Lipinski definition) is 1. The minimum atomic E-state index is -1.88. The molecule has 4 aromatic rings. The summed E-state index contributed by atoms with van der Waals surface area (Å²) in [5.41, 5.74) is 1.94. The molecule has 0 aliphatic rings. The van der Waals surface area contributed by atoms with Crippen LogP contribution < -0.4 is 10.2 Å². The van der Waals surface area contributed by atoms with Gasteiger partial charge in [0.05, 0.1) is 6.04 Å². The molecule has 0 saturated heterocycles. The zero-order chi connectivity index (χ0) is 27.8. The fraction of sp³-hybridized carbons (Fsp3) is 0.182. The molecule has 1 aromatic heterocycles. The van der Waals surface area contributed by atoms with E-state index in [4.69, 9.17) is 0 Å². The molecule has 6 heteroatoms. The Morgan fingerprint density at radius 1 is 0.846 bits per heavy atom. The van der Waals surface area contributed by atoms with Crippen molar-refractivity contribution >= 4 is 17.5 Å². The van der Waals surface area contributed by atoms with E-state index in [0.29, 0.717) is 11.3 Å². The summed E-state index contributed by atoms with van der Waals surface area (Å²) in [6, 6.07) is 28.6. The fourth-order valence-electron chi connectivity index (χ4n) is 4.16. The highest BCUT2D eigenvalue weighted by molar-refractivity contribution is 6.10. The van der Waals surface area contributed by atoms with E-state index < -0.39 is 23.5 Å². The molecule has 1 N–H and O–H groups in total. The van der Waals surface area contributed by atoms with Crippen LogP contribution in [0, 0.1) is 11.8 Å². The minimum Gasteiger partial charge on any atom is -0.347 e. The Labute approximate surface area is 228 Å². The number of halogens is 1. The van der Waals surface area contributed by atoms with Gasteiger partial charge in [0.15, 0.2) is 5.67 Å². The zero-order valence-corrected chi connectivity index (χ0v) is 22.1. The summed E-state index contributed by atoms with van der Waals surface area (Å²) in [6.07, 6.45) is 3.14. The van der Waals surface area contributed by atoms with Gasteiger partial charge in [0.2, 0.25) is 5.91 Å². The number of nitrogens with zero attached hydrogens (tertiary/aromatic N) is 2. The second-order valence-electron chi connectivity index (χ2n) is 9.64. The van der Waals surface area contributed by atoms with Gasteiger partial charge in [-0.2, -0.15) is 0 Å². The first-order valence-corrected chi connectivity index (χ1v) is 12.7. The Morgan fingerprint density at radius 3 is 2.03 bits per heavy atom. The molecule has 0 bridgehead atoms. The van der Waals surface area contributed by atoms with Gasteiger partial charge in [-0.3, -0.25) is 19.5 Å². The van der Waals surface area contributed by atoms with Crippen LogP contribution in [0.4, 0.5) is 10.1 Å². The maximum atomic E-state index is 14.3. The van der Waals surface area contributed by atoms with Crippen LogP contribution in [0.2, 0.25) is 0 Å². The molecule has 39 heavy (non-hydrogen) atoms. The van der Waals surface area contributed by atoms with Crippen LogP contribution in [-0.2, 0) is 9.59 Å². The SMILES string of the molecule is C[C@H](NC(=O)C(c1cccnc1)N(C(=O)C#CC(C)(C)F)c1ccc(-c2ccccc2)cc1)c1ccccc1. The number of anilines is 1. The molecule has 0 saturated carbocycles. The van der Waals surface area contributed by atoms with E-state index in [9.17, 15) is 14.0 Å². The average Bonchev–Trinajstić information content (AvgIpc) is 2.95. The molecular formula is C33H30FN3O2. The van der Waals surface area contributed by atoms with Gasteiger partial charge in [-0.15, -0.1) is 0 Å². The third-order valence-electron chi connectivity index (χ3n) is 6.10. The van der Waals surface area contributed by atoms with Crippen LogP contribution in [0.3, 0.4) is 0 Å². The van der Waals surface area contributed by atoms with Crippen molar-refractivity contribution in [3.05, 3.63) is 121 Å². The molecular weight excluding hydrogens is 489 g/mol. The van der Waals surface area contributed by atoms with Crippen molar-refractivity contribution < 1.29 is 14.0 Å². The third-order valence-corrected chi connectivity index (χ3v) is 6.10. The summed E-state index contributed by atoms with van der Waals surface area (Å²) < 4.78 is 14.3. The number of hydrogen-bond acceptors (Lipinski definition) is 3. The predicted octanol–water partition coefficient (Wildman–Crippen LogP) is 6.45. The summed E-state index contributed by atoms with van der Waals surface area (Å²) in [4.78, 5) is 33.0. The molecule has 4 rings (SSSR count). The highest BCUT2D eigenvalue weighted by Crippen LogP contribution is 2.31. The number of amides is 2. The van der Waals surface area contributed by atoms with Crippen molar-refractivity contribution in [1.82, 2.24) is 10.3 Å². The van der Waals surface area contributed by atoms with Gasteiger partial charge in [-0.05, 0) is 61.6 Å². The molecule has 0 aliphatic carbocycles. The quantitative estimate of drug-likeness (QED) is 0.285. The maximum absolute atomic E-state index is 14.3. The Hall–Kier alpha value is -4.76. The first kappa shape index (κ1) is 27.3. The van der Waals surface area contributed by atoms with Gasteiger partial charge >= 0.3 is 5.91 Å². The second kappa shape index (κ2) is 12.2. The monoisotopic (exact) mass is 519 g/mol. The highest BCUT2D eigenvalue weighted by atomic mass is 19.1. The summed E-state index contributed by atoms with van der Waals surface area (Å²) in [5, 5.41) is 3.03. The minimum absolute atomic E-state index is 0.328. The van der Waals surface area contributed by atoms with Gasteiger partial charge in [0.25, 0.3) is 0 Å². The smallest absolute Gasteiger partial charge is 0.304 e. The highest BCUT2D eigenvalue weighted by Gasteiger charge is 2.33. The molecule has 0 spiro atoms. The molecule has 2 atom stereocenters. The maximum Gasteiger partial charge on any atom is 0.304 e. The lowest BCUT2D eigenvalue weighted by atomic mass is 10.0. The molecule has 3 aromatic carbocycles. The molecule has 196 valence electrons. The number of rotatable bonds is 7. The number of benzene rings is 3. The van der Waals surface area contributed by atoms with Crippen molar-refractivity contribution in [2.75, 3.05) is 4.90 Å². The first-order valence-electron chi connectivity index (χ1n) is 12.7. The van der Waals surface area contributed by atoms with E-state index in [1.54, 1.807) is 36.7 Å². The number of alkyl halides is 1. The van der Waals surface area contributed by atoms with Crippen LogP contribution in [0.25, 0.3) is 11.1 Å². The summed E-state index contributed by atoms with van der Waals surface area (Å²) in [5.74, 6) is 3.67. The van der Waals surface area contributed by atoms with Crippen molar-refractivity contribution in [1.29, 1.82) is 0 Å². The van der Waals surface area contributed by atoms with Gasteiger partial charge in [-0.1, -0.05) is 84.8 Å².